The fraction of sp³-hybridized carbons (Fsp3) is 0.364. The van der Waals surface area contributed by atoms with Gasteiger partial charge in [0.25, 0.3) is 5.91 Å². The van der Waals surface area contributed by atoms with Crippen LogP contribution in [0, 0.1) is 5.92 Å². The number of carbonyl (C=O) groups excluding carboxylic acids is 1. The zero-order valence-corrected chi connectivity index (χ0v) is 15.6. The molecule has 27 heavy (non-hydrogen) atoms. The van der Waals surface area contributed by atoms with Gasteiger partial charge >= 0.3 is 0 Å². The van der Waals surface area contributed by atoms with Gasteiger partial charge in [0, 0.05) is 19.6 Å². The summed E-state index contributed by atoms with van der Waals surface area (Å²) >= 11 is 0. The van der Waals surface area contributed by atoms with Gasteiger partial charge in [0.05, 0.1) is 17.4 Å². The molecule has 0 radical (unpaired) electrons. The Labute approximate surface area is 159 Å². The average Bonchev–Trinajstić information content (AvgIpc) is 3.12. The highest BCUT2D eigenvalue weighted by atomic mass is 16.5. The van der Waals surface area contributed by atoms with Crippen molar-refractivity contribution in [2.24, 2.45) is 5.92 Å². The van der Waals surface area contributed by atoms with Crippen molar-refractivity contribution >= 4 is 16.9 Å². The minimum absolute atomic E-state index is 0.0744. The standard InChI is InChI=1S/C22H25N3O2/c1-17(27-19-7-3-2-4-8-19)22(26)24-13-11-18(12-14-24)15-25-16-23-20-9-5-6-10-21(20)25/h2-10,16-18H,11-15H2,1H3. The van der Waals surface area contributed by atoms with Crippen LogP contribution in [0.25, 0.3) is 11.0 Å². The molecule has 2 heterocycles. The number of amides is 1. The molecule has 1 amide bonds. The molecule has 0 spiro atoms. The molecule has 1 unspecified atom stereocenters. The lowest BCUT2D eigenvalue weighted by molar-refractivity contribution is -0.139. The number of likely N-dealkylation sites (tertiary alicyclic amines) is 1. The van der Waals surface area contributed by atoms with Gasteiger partial charge < -0.3 is 14.2 Å². The molecule has 0 aliphatic carbocycles. The third-order valence-electron chi connectivity index (χ3n) is 5.31. The SMILES string of the molecule is CC(Oc1ccccc1)C(=O)N1CCC(Cn2cnc3ccccc32)CC1. The zero-order chi connectivity index (χ0) is 18.6. The number of hydrogen-bond acceptors (Lipinski definition) is 3. The lowest BCUT2D eigenvalue weighted by Crippen LogP contribution is -2.45. The monoisotopic (exact) mass is 363 g/mol. The van der Waals surface area contributed by atoms with Gasteiger partial charge in [-0.15, -0.1) is 0 Å². The van der Waals surface area contributed by atoms with Crippen molar-refractivity contribution in [1.29, 1.82) is 0 Å². The summed E-state index contributed by atoms with van der Waals surface area (Å²) in [6, 6.07) is 17.8. The zero-order valence-electron chi connectivity index (χ0n) is 15.6. The quantitative estimate of drug-likeness (QED) is 0.694. The minimum atomic E-state index is -0.457. The summed E-state index contributed by atoms with van der Waals surface area (Å²) in [5.41, 5.74) is 2.22. The first-order chi connectivity index (χ1) is 13.2. The first-order valence-electron chi connectivity index (χ1n) is 9.61. The average molecular weight is 363 g/mol. The van der Waals surface area contributed by atoms with Crippen molar-refractivity contribution < 1.29 is 9.53 Å². The Morgan fingerprint density at radius 3 is 2.59 bits per heavy atom. The predicted octanol–water partition coefficient (Wildman–Crippen LogP) is 3.74. The van der Waals surface area contributed by atoms with Crippen LogP contribution in [-0.4, -0.2) is 39.6 Å². The van der Waals surface area contributed by atoms with Crippen molar-refractivity contribution in [1.82, 2.24) is 14.5 Å². The van der Waals surface area contributed by atoms with E-state index in [0.29, 0.717) is 5.92 Å². The van der Waals surface area contributed by atoms with Crippen LogP contribution in [0.4, 0.5) is 0 Å². The molecular formula is C22H25N3O2. The van der Waals surface area contributed by atoms with E-state index in [1.165, 1.54) is 5.52 Å². The summed E-state index contributed by atoms with van der Waals surface area (Å²) in [4.78, 5) is 19.1. The van der Waals surface area contributed by atoms with Gasteiger partial charge in [0.2, 0.25) is 0 Å². The number of ether oxygens (including phenoxy) is 1. The van der Waals surface area contributed by atoms with E-state index >= 15 is 0 Å². The van der Waals surface area contributed by atoms with E-state index in [-0.39, 0.29) is 5.91 Å². The first kappa shape index (κ1) is 17.6. The molecule has 0 N–H and O–H groups in total. The molecule has 5 heteroatoms. The highest BCUT2D eigenvalue weighted by molar-refractivity contribution is 5.81. The molecular weight excluding hydrogens is 338 g/mol. The molecule has 1 atom stereocenters. The lowest BCUT2D eigenvalue weighted by Gasteiger charge is -2.33. The molecule has 140 valence electrons. The second kappa shape index (κ2) is 7.82. The van der Waals surface area contributed by atoms with Crippen LogP contribution < -0.4 is 4.74 Å². The molecule has 1 aromatic heterocycles. The Kier molecular flexibility index (Phi) is 5.10. The van der Waals surface area contributed by atoms with Gasteiger partial charge in [-0.25, -0.2) is 4.98 Å². The number of piperidine rings is 1. The molecule has 5 nitrogen and oxygen atoms in total. The molecule has 1 aliphatic rings. The summed E-state index contributed by atoms with van der Waals surface area (Å²) < 4.78 is 8.02. The summed E-state index contributed by atoms with van der Waals surface area (Å²) in [7, 11) is 0. The van der Waals surface area contributed by atoms with Crippen molar-refractivity contribution in [2.45, 2.75) is 32.4 Å². The largest absolute Gasteiger partial charge is 0.481 e. The maximum atomic E-state index is 12.7. The summed E-state index contributed by atoms with van der Waals surface area (Å²) in [6.45, 7) is 4.37. The van der Waals surface area contributed by atoms with Crippen LogP contribution in [0.3, 0.4) is 0 Å². The van der Waals surface area contributed by atoms with E-state index in [4.69, 9.17) is 4.74 Å². The highest BCUT2D eigenvalue weighted by Crippen LogP contribution is 2.23. The van der Waals surface area contributed by atoms with Gasteiger partial charge in [0.15, 0.2) is 6.10 Å². The molecule has 0 bridgehead atoms. The lowest BCUT2D eigenvalue weighted by atomic mass is 9.96. The topological polar surface area (TPSA) is 47.4 Å². The van der Waals surface area contributed by atoms with Gasteiger partial charge in [-0.05, 0) is 49.9 Å². The van der Waals surface area contributed by atoms with Crippen molar-refractivity contribution in [3.63, 3.8) is 0 Å². The van der Waals surface area contributed by atoms with Crippen LogP contribution in [0.1, 0.15) is 19.8 Å². The van der Waals surface area contributed by atoms with Crippen LogP contribution in [0.5, 0.6) is 5.75 Å². The second-order valence-electron chi connectivity index (χ2n) is 7.23. The molecule has 1 fully saturated rings. The number of imidazole rings is 1. The number of carbonyl (C=O) groups is 1. The number of nitrogens with zero attached hydrogens (tertiary/aromatic N) is 3. The van der Waals surface area contributed by atoms with Crippen LogP contribution in [0.15, 0.2) is 60.9 Å². The molecule has 4 rings (SSSR count). The number of aromatic nitrogens is 2. The molecule has 1 saturated heterocycles. The number of fused-ring (bicyclic) bond motifs is 1. The Bertz CT molecular complexity index is 898. The van der Waals surface area contributed by atoms with E-state index in [0.717, 1.165) is 43.7 Å². The molecule has 0 saturated carbocycles. The maximum absolute atomic E-state index is 12.7. The third kappa shape index (κ3) is 3.97. The highest BCUT2D eigenvalue weighted by Gasteiger charge is 2.27. The van der Waals surface area contributed by atoms with Gasteiger partial charge in [-0.3, -0.25) is 4.79 Å². The summed E-state index contributed by atoms with van der Waals surface area (Å²) in [5, 5.41) is 0. The van der Waals surface area contributed by atoms with Crippen LogP contribution in [0.2, 0.25) is 0 Å². The number of para-hydroxylation sites is 3. The Hall–Kier alpha value is -2.82. The molecule has 1 aliphatic heterocycles. The number of rotatable bonds is 5. The number of hydrogen-bond donors (Lipinski definition) is 0. The number of benzene rings is 2. The van der Waals surface area contributed by atoms with E-state index < -0.39 is 6.10 Å². The molecule has 3 aromatic rings. The fourth-order valence-electron chi connectivity index (χ4n) is 3.78. The fourth-order valence-corrected chi connectivity index (χ4v) is 3.78. The van der Waals surface area contributed by atoms with E-state index in [2.05, 4.69) is 21.7 Å². The van der Waals surface area contributed by atoms with Crippen LogP contribution >= 0.6 is 0 Å². The first-order valence-corrected chi connectivity index (χ1v) is 9.61. The third-order valence-corrected chi connectivity index (χ3v) is 5.31. The van der Waals surface area contributed by atoms with Gasteiger partial charge in [-0.1, -0.05) is 30.3 Å². The Balaban J connectivity index is 1.31. The van der Waals surface area contributed by atoms with Crippen LogP contribution in [-0.2, 0) is 11.3 Å². The summed E-state index contributed by atoms with van der Waals surface area (Å²) in [6.07, 6.45) is 3.49. The maximum Gasteiger partial charge on any atom is 0.263 e. The van der Waals surface area contributed by atoms with E-state index in [1.807, 2.05) is 60.6 Å². The van der Waals surface area contributed by atoms with Crippen molar-refractivity contribution in [3.8, 4) is 5.75 Å². The Morgan fingerprint density at radius 2 is 1.81 bits per heavy atom. The predicted molar refractivity (Wildman–Crippen MR) is 106 cm³/mol. The van der Waals surface area contributed by atoms with Crippen molar-refractivity contribution in [2.75, 3.05) is 13.1 Å². The van der Waals surface area contributed by atoms with E-state index in [9.17, 15) is 4.79 Å². The smallest absolute Gasteiger partial charge is 0.263 e. The summed E-state index contributed by atoms with van der Waals surface area (Å²) in [5.74, 6) is 1.38. The Morgan fingerprint density at radius 1 is 1.11 bits per heavy atom. The van der Waals surface area contributed by atoms with Crippen molar-refractivity contribution in [3.05, 3.63) is 60.9 Å². The molecule has 2 aromatic carbocycles. The second-order valence-corrected chi connectivity index (χ2v) is 7.23. The van der Waals surface area contributed by atoms with E-state index in [1.54, 1.807) is 0 Å². The van der Waals surface area contributed by atoms with Gasteiger partial charge in [-0.2, -0.15) is 0 Å². The normalized spacial score (nSPS) is 16.4. The minimum Gasteiger partial charge on any atom is -0.481 e. The van der Waals surface area contributed by atoms with Gasteiger partial charge in [0.1, 0.15) is 5.75 Å².